The summed E-state index contributed by atoms with van der Waals surface area (Å²) in [4.78, 5) is 52.3. The Morgan fingerprint density at radius 2 is 2.11 bits per heavy atom. The SMILES string of the molecule is CCCN1C(=O)NC(=O)[C@@]2(Cc3cc([N+](=O)[O-])ccc3N3CCC[C@@H]32)C1=O. The summed E-state index contributed by atoms with van der Waals surface area (Å²) in [5.41, 5.74) is -0.0847. The third kappa shape index (κ3) is 2.34. The molecule has 0 radical (unpaired) electrons. The zero-order valence-electron chi connectivity index (χ0n) is 14.9. The van der Waals surface area contributed by atoms with Gasteiger partial charge in [-0.05, 0) is 30.9 Å². The van der Waals surface area contributed by atoms with E-state index in [-0.39, 0.29) is 24.7 Å². The van der Waals surface area contributed by atoms with E-state index in [4.69, 9.17) is 0 Å². The molecular weight excluding hydrogens is 352 g/mol. The zero-order valence-corrected chi connectivity index (χ0v) is 14.9. The summed E-state index contributed by atoms with van der Waals surface area (Å²) < 4.78 is 0. The number of hydrogen-bond donors (Lipinski definition) is 1. The molecule has 1 spiro atoms. The van der Waals surface area contributed by atoms with Crippen LogP contribution in [0.25, 0.3) is 0 Å². The highest BCUT2D eigenvalue weighted by Crippen LogP contribution is 2.48. The van der Waals surface area contributed by atoms with Crippen LogP contribution >= 0.6 is 0 Å². The fourth-order valence-electron chi connectivity index (χ4n) is 4.68. The summed E-state index contributed by atoms with van der Waals surface area (Å²) in [6.45, 7) is 2.75. The van der Waals surface area contributed by atoms with Crippen molar-refractivity contribution in [1.82, 2.24) is 10.2 Å². The van der Waals surface area contributed by atoms with Crippen LogP contribution < -0.4 is 10.2 Å². The van der Waals surface area contributed by atoms with Crippen molar-refractivity contribution < 1.29 is 19.3 Å². The lowest BCUT2D eigenvalue weighted by molar-refractivity contribution is -0.384. The smallest absolute Gasteiger partial charge is 0.330 e. The van der Waals surface area contributed by atoms with Gasteiger partial charge in [-0.15, -0.1) is 0 Å². The molecule has 0 aliphatic carbocycles. The van der Waals surface area contributed by atoms with Crippen LogP contribution in [0.1, 0.15) is 31.7 Å². The van der Waals surface area contributed by atoms with Gasteiger partial charge in [0.15, 0.2) is 5.41 Å². The Balaban J connectivity index is 1.86. The Morgan fingerprint density at radius 1 is 1.33 bits per heavy atom. The Hall–Kier alpha value is -2.97. The minimum Gasteiger partial charge on any atom is -0.367 e. The average Bonchev–Trinajstić information content (AvgIpc) is 3.13. The molecule has 1 aromatic rings. The van der Waals surface area contributed by atoms with Crippen molar-refractivity contribution in [1.29, 1.82) is 0 Å². The monoisotopic (exact) mass is 372 g/mol. The highest BCUT2D eigenvalue weighted by molar-refractivity contribution is 6.20. The van der Waals surface area contributed by atoms with Gasteiger partial charge in [-0.25, -0.2) is 4.79 Å². The van der Waals surface area contributed by atoms with Gasteiger partial charge in [0.1, 0.15) is 0 Å². The van der Waals surface area contributed by atoms with Crippen LogP contribution in [0, 0.1) is 15.5 Å². The van der Waals surface area contributed by atoms with E-state index in [0.717, 1.165) is 17.0 Å². The van der Waals surface area contributed by atoms with Crippen LogP contribution in [0.3, 0.4) is 0 Å². The molecule has 27 heavy (non-hydrogen) atoms. The fourth-order valence-corrected chi connectivity index (χ4v) is 4.68. The number of carbonyl (C=O) groups excluding carboxylic acids is 3. The second-order valence-electron chi connectivity index (χ2n) is 7.29. The van der Waals surface area contributed by atoms with Gasteiger partial charge in [-0.3, -0.25) is 29.9 Å². The molecular formula is C18H20N4O5. The number of non-ortho nitro benzene ring substituents is 1. The van der Waals surface area contributed by atoms with Crippen LogP contribution in [0.5, 0.6) is 0 Å². The molecule has 0 bridgehead atoms. The first-order valence-corrected chi connectivity index (χ1v) is 9.11. The van der Waals surface area contributed by atoms with Crippen LogP contribution in [-0.2, 0) is 16.0 Å². The van der Waals surface area contributed by atoms with Crippen molar-refractivity contribution in [2.24, 2.45) is 5.41 Å². The third-order valence-electron chi connectivity index (χ3n) is 5.82. The zero-order chi connectivity index (χ0) is 19.3. The van der Waals surface area contributed by atoms with Gasteiger partial charge in [-0.1, -0.05) is 6.92 Å². The van der Waals surface area contributed by atoms with E-state index >= 15 is 0 Å². The molecule has 1 aromatic carbocycles. The van der Waals surface area contributed by atoms with Crippen molar-refractivity contribution in [2.45, 2.75) is 38.6 Å². The van der Waals surface area contributed by atoms with E-state index in [1.165, 1.54) is 12.1 Å². The molecule has 0 aromatic heterocycles. The molecule has 0 saturated carbocycles. The lowest BCUT2D eigenvalue weighted by Gasteiger charge is -2.49. The van der Waals surface area contributed by atoms with Crippen LogP contribution in [0.4, 0.5) is 16.2 Å². The van der Waals surface area contributed by atoms with Gasteiger partial charge in [0.2, 0.25) is 11.8 Å². The van der Waals surface area contributed by atoms with E-state index in [9.17, 15) is 24.5 Å². The van der Waals surface area contributed by atoms with E-state index in [1.807, 2.05) is 11.8 Å². The molecule has 3 aliphatic heterocycles. The Morgan fingerprint density at radius 3 is 2.81 bits per heavy atom. The molecule has 4 amide bonds. The minimum atomic E-state index is -1.43. The third-order valence-corrected chi connectivity index (χ3v) is 5.82. The average molecular weight is 372 g/mol. The molecule has 2 atom stereocenters. The second-order valence-corrected chi connectivity index (χ2v) is 7.29. The lowest BCUT2D eigenvalue weighted by Crippen LogP contribution is -2.71. The van der Waals surface area contributed by atoms with Crippen molar-refractivity contribution in [2.75, 3.05) is 18.0 Å². The second kappa shape index (κ2) is 6.04. The number of benzene rings is 1. The number of fused-ring (bicyclic) bond motifs is 4. The van der Waals surface area contributed by atoms with E-state index < -0.39 is 28.2 Å². The summed E-state index contributed by atoms with van der Waals surface area (Å²) in [5.74, 6) is -1.09. The summed E-state index contributed by atoms with van der Waals surface area (Å²) >= 11 is 0. The number of hydrogen-bond acceptors (Lipinski definition) is 6. The van der Waals surface area contributed by atoms with Crippen molar-refractivity contribution in [3.05, 3.63) is 33.9 Å². The van der Waals surface area contributed by atoms with E-state index in [1.54, 1.807) is 6.07 Å². The fraction of sp³-hybridized carbons (Fsp3) is 0.500. The van der Waals surface area contributed by atoms with E-state index in [0.29, 0.717) is 24.9 Å². The molecule has 3 heterocycles. The van der Waals surface area contributed by atoms with Gasteiger partial charge in [0.05, 0.1) is 11.0 Å². The number of barbiturate groups is 1. The number of rotatable bonds is 3. The Kier molecular flexibility index (Phi) is 3.90. The first kappa shape index (κ1) is 17.4. The summed E-state index contributed by atoms with van der Waals surface area (Å²) in [7, 11) is 0. The molecule has 2 fully saturated rings. The Bertz CT molecular complexity index is 869. The first-order valence-electron chi connectivity index (χ1n) is 9.11. The molecule has 4 rings (SSSR count). The van der Waals surface area contributed by atoms with Gasteiger partial charge in [0.25, 0.3) is 5.69 Å². The lowest BCUT2D eigenvalue weighted by atomic mass is 9.68. The number of nitro groups is 1. The van der Waals surface area contributed by atoms with Crippen LogP contribution in [0.2, 0.25) is 0 Å². The first-order chi connectivity index (χ1) is 12.9. The largest absolute Gasteiger partial charge is 0.367 e. The predicted molar refractivity (Wildman–Crippen MR) is 95.1 cm³/mol. The predicted octanol–water partition coefficient (Wildman–Crippen LogP) is 1.59. The maximum atomic E-state index is 13.4. The van der Waals surface area contributed by atoms with Crippen molar-refractivity contribution in [3.8, 4) is 0 Å². The number of nitrogens with zero attached hydrogens (tertiary/aromatic N) is 3. The summed E-state index contributed by atoms with van der Waals surface area (Å²) in [6, 6.07) is 3.53. The highest BCUT2D eigenvalue weighted by Gasteiger charge is 2.62. The number of carbonyl (C=O) groups is 3. The maximum Gasteiger partial charge on any atom is 0.330 e. The number of urea groups is 1. The topological polar surface area (TPSA) is 113 Å². The molecule has 1 N–H and O–H groups in total. The van der Waals surface area contributed by atoms with Gasteiger partial charge >= 0.3 is 6.03 Å². The Labute approximate surface area is 155 Å². The molecule has 9 nitrogen and oxygen atoms in total. The quantitative estimate of drug-likeness (QED) is 0.490. The van der Waals surface area contributed by atoms with Gasteiger partial charge in [-0.2, -0.15) is 0 Å². The van der Waals surface area contributed by atoms with Gasteiger partial charge < -0.3 is 4.90 Å². The molecule has 9 heteroatoms. The number of amides is 4. The minimum absolute atomic E-state index is 0.0589. The van der Waals surface area contributed by atoms with Crippen molar-refractivity contribution in [3.63, 3.8) is 0 Å². The molecule has 3 aliphatic rings. The molecule has 142 valence electrons. The highest BCUT2D eigenvalue weighted by atomic mass is 16.6. The number of imide groups is 2. The van der Waals surface area contributed by atoms with Crippen LogP contribution in [-0.4, -0.2) is 46.8 Å². The summed E-state index contributed by atoms with van der Waals surface area (Å²) in [5, 5.41) is 13.5. The summed E-state index contributed by atoms with van der Waals surface area (Å²) in [6.07, 6.45) is 2.11. The standard InChI is InChI=1S/C18H20N4O5/c1-2-7-21-16(24)18(15(23)19-17(21)25)10-11-9-12(22(26)27)5-6-13(11)20-8-3-4-14(18)20/h5-6,9,14H,2-4,7-8,10H2,1H3,(H,19,23,25)/t14-,18+/m1/s1. The number of anilines is 1. The van der Waals surface area contributed by atoms with E-state index in [2.05, 4.69) is 5.32 Å². The van der Waals surface area contributed by atoms with Crippen LogP contribution in [0.15, 0.2) is 18.2 Å². The van der Waals surface area contributed by atoms with Gasteiger partial charge in [0, 0.05) is 37.3 Å². The number of nitrogens with one attached hydrogen (secondary N) is 1. The molecule has 2 saturated heterocycles. The maximum absolute atomic E-state index is 13.4. The normalized spacial score (nSPS) is 26.9. The number of nitro benzene ring substituents is 1. The van der Waals surface area contributed by atoms with Crippen molar-refractivity contribution >= 4 is 29.2 Å². The molecule has 0 unspecified atom stereocenters.